The molecular weight excluding hydrogens is 192 g/mol. The maximum absolute atomic E-state index is 8.68. The molecule has 0 radical (unpaired) electrons. The molecule has 1 rings (SSSR count). The zero-order chi connectivity index (χ0) is 7.40. The molecule has 10 heavy (non-hydrogen) atoms. The molecule has 0 heterocycles. The molecule has 0 aliphatic heterocycles. The average molecular weight is 205 g/mol. The van der Waals surface area contributed by atoms with E-state index in [1.54, 1.807) is 0 Å². The number of allylic oxidation sites excluding steroid dienone is 1. The number of hydrogen-bond acceptors (Lipinski definition) is 1. The third-order valence-electron chi connectivity index (χ3n) is 1.92. The molecule has 0 amide bonds. The van der Waals surface area contributed by atoms with Gasteiger partial charge in [-0.25, -0.2) is 0 Å². The van der Waals surface area contributed by atoms with Crippen LogP contribution >= 0.6 is 15.9 Å². The van der Waals surface area contributed by atoms with Crippen LogP contribution in [0.5, 0.6) is 0 Å². The van der Waals surface area contributed by atoms with E-state index in [-0.39, 0.29) is 0 Å². The van der Waals surface area contributed by atoms with Crippen molar-refractivity contribution in [3.05, 3.63) is 10.1 Å². The first-order valence-electron chi connectivity index (χ1n) is 3.82. The Morgan fingerprint density at radius 2 is 2.00 bits per heavy atom. The number of aliphatic hydroxyl groups excluding tert-OH is 1. The van der Waals surface area contributed by atoms with E-state index in [1.807, 2.05) is 0 Å². The summed E-state index contributed by atoms with van der Waals surface area (Å²) in [5, 5.41) is 8.68. The van der Waals surface area contributed by atoms with E-state index < -0.39 is 0 Å². The van der Waals surface area contributed by atoms with E-state index in [2.05, 4.69) is 15.9 Å². The lowest BCUT2D eigenvalue weighted by Gasteiger charge is -2.14. The molecule has 0 unspecified atom stereocenters. The van der Waals surface area contributed by atoms with E-state index >= 15 is 0 Å². The molecule has 0 aromatic carbocycles. The number of halogens is 1. The van der Waals surface area contributed by atoms with E-state index in [4.69, 9.17) is 5.11 Å². The van der Waals surface area contributed by atoms with Crippen molar-refractivity contribution >= 4 is 15.9 Å². The SMILES string of the molecule is OCCC1=C(Br)CCCC1. The van der Waals surface area contributed by atoms with Crippen molar-refractivity contribution in [2.45, 2.75) is 32.1 Å². The monoisotopic (exact) mass is 204 g/mol. The van der Waals surface area contributed by atoms with Crippen LogP contribution in [0.2, 0.25) is 0 Å². The van der Waals surface area contributed by atoms with Gasteiger partial charge in [-0.05, 0) is 36.6 Å². The summed E-state index contributed by atoms with van der Waals surface area (Å²) in [6.45, 7) is 0.296. The quantitative estimate of drug-likeness (QED) is 0.734. The van der Waals surface area contributed by atoms with Crippen LogP contribution < -0.4 is 0 Å². The molecule has 2 heteroatoms. The maximum Gasteiger partial charge on any atom is 0.0468 e. The van der Waals surface area contributed by atoms with Crippen LogP contribution in [0.4, 0.5) is 0 Å². The molecule has 0 spiro atoms. The summed E-state index contributed by atoms with van der Waals surface area (Å²) in [6.07, 6.45) is 5.82. The summed E-state index contributed by atoms with van der Waals surface area (Å²) in [5.74, 6) is 0. The first-order chi connectivity index (χ1) is 4.84. The number of rotatable bonds is 2. The highest BCUT2D eigenvalue weighted by Crippen LogP contribution is 2.30. The van der Waals surface area contributed by atoms with E-state index in [0.29, 0.717) is 6.61 Å². The lowest BCUT2D eigenvalue weighted by Crippen LogP contribution is -1.97. The molecular formula is C8H13BrO. The summed E-state index contributed by atoms with van der Waals surface area (Å²) < 4.78 is 1.34. The van der Waals surface area contributed by atoms with E-state index in [9.17, 15) is 0 Å². The van der Waals surface area contributed by atoms with Crippen LogP contribution in [0.1, 0.15) is 32.1 Å². The molecule has 0 saturated carbocycles. The van der Waals surface area contributed by atoms with Gasteiger partial charge >= 0.3 is 0 Å². The minimum absolute atomic E-state index is 0.296. The first kappa shape index (κ1) is 8.28. The fourth-order valence-electron chi connectivity index (χ4n) is 1.33. The standard InChI is InChI=1S/C8H13BrO/c9-8-4-2-1-3-7(8)5-6-10/h10H,1-6H2. The third-order valence-corrected chi connectivity index (χ3v) is 2.88. The van der Waals surface area contributed by atoms with Crippen LogP contribution in [0.25, 0.3) is 0 Å². The topological polar surface area (TPSA) is 20.2 Å². The van der Waals surface area contributed by atoms with Gasteiger partial charge in [0.25, 0.3) is 0 Å². The number of aliphatic hydroxyl groups is 1. The summed E-state index contributed by atoms with van der Waals surface area (Å²) in [6, 6.07) is 0. The van der Waals surface area contributed by atoms with Crippen molar-refractivity contribution < 1.29 is 5.11 Å². The van der Waals surface area contributed by atoms with Gasteiger partial charge in [0.1, 0.15) is 0 Å². The van der Waals surface area contributed by atoms with Crippen LogP contribution in [-0.4, -0.2) is 11.7 Å². The van der Waals surface area contributed by atoms with Gasteiger partial charge < -0.3 is 5.11 Å². The molecule has 1 N–H and O–H groups in total. The molecule has 1 aliphatic carbocycles. The van der Waals surface area contributed by atoms with E-state index in [0.717, 1.165) is 6.42 Å². The van der Waals surface area contributed by atoms with Crippen molar-refractivity contribution in [2.24, 2.45) is 0 Å². The van der Waals surface area contributed by atoms with Crippen LogP contribution in [0.15, 0.2) is 10.1 Å². The lowest BCUT2D eigenvalue weighted by molar-refractivity contribution is 0.296. The van der Waals surface area contributed by atoms with E-state index in [1.165, 1.54) is 35.7 Å². The Kier molecular flexibility index (Phi) is 3.43. The number of hydrogen-bond donors (Lipinski definition) is 1. The molecule has 0 aromatic heterocycles. The van der Waals surface area contributed by atoms with Gasteiger partial charge in [-0.3, -0.25) is 0 Å². The van der Waals surface area contributed by atoms with Crippen molar-refractivity contribution in [1.29, 1.82) is 0 Å². The molecule has 1 nitrogen and oxygen atoms in total. The molecule has 1 aliphatic rings. The highest BCUT2D eigenvalue weighted by Gasteiger charge is 2.08. The largest absolute Gasteiger partial charge is 0.396 e. The Morgan fingerprint density at radius 3 is 2.60 bits per heavy atom. The Hall–Kier alpha value is 0.180. The van der Waals surface area contributed by atoms with Crippen molar-refractivity contribution in [3.8, 4) is 0 Å². The fraction of sp³-hybridized carbons (Fsp3) is 0.750. The Morgan fingerprint density at radius 1 is 1.30 bits per heavy atom. The molecule has 0 saturated heterocycles. The first-order valence-corrected chi connectivity index (χ1v) is 4.61. The summed E-state index contributed by atoms with van der Waals surface area (Å²) in [7, 11) is 0. The Bertz CT molecular complexity index is 140. The minimum atomic E-state index is 0.296. The Labute approximate surface area is 70.3 Å². The van der Waals surface area contributed by atoms with Crippen molar-refractivity contribution in [2.75, 3.05) is 6.61 Å². The summed E-state index contributed by atoms with van der Waals surface area (Å²) in [5.41, 5.74) is 1.42. The summed E-state index contributed by atoms with van der Waals surface area (Å²) >= 11 is 3.52. The lowest BCUT2D eigenvalue weighted by atomic mass is 9.97. The molecule has 0 fully saturated rings. The predicted octanol–water partition coefficient (Wildman–Crippen LogP) is 2.59. The highest BCUT2D eigenvalue weighted by atomic mass is 79.9. The van der Waals surface area contributed by atoms with Gasteiger partial charge in [0.05, 0.1) is 0 Å². The zero-order valence-electron chi connectivity index (χ0n) is 6.07. The van der Waals surface area contributed by atoms with Crippen LogP contribution in [0, 0.1) is 0 Å². The summed E-state index contributed by atoms with van der Waals surface area (Å²) in [4.78, 5) is 0. The van der Waals surface area contributed by atoms with Crippen molar-refractivity contribution in [1.82, 2.24) is 0 Å². The average Bonchev–Trinajstić information content (AvgIpc) is 1.94. The van der Waals surface area contributed by atoms with Gasteiger partial charge in [-0.2, -0.15) is 0 Å². The van der Waals surface area contributed by atoms with Crippen LogP contribution in [0.3, 0.4) is 0 Å². The molecule has 0 aromatic rings. The molecule has 0 atom stereocenters. The van der Waals surface area contributed by atoms with Gasteiger partial charge in [0, 0.05) is 6.61 Å². The van der Waals surface area contributed by atoms with Gasteiger partial charge in [0.15, 0.2) is 0 Å². The zero-order valence-corrected chi connectivity index (χ0v) is 7.65. The highest BCUT2D eigenvalue weighted by molar-refractivity contribution is 9.11. The van der Waals surface area contributed by atoms with Gasteiger partial charge in [0.2, 0.25) is 0 Å². The fourth-order valence-corrected chi connectivity index (χ4v) is 2.00. The van der Waals surface area contributed by atoms with Gasteiger partial charge in [-0.15, -0.1) is 0 Å². The second-order valence-electron chi connectivity index (χ2n) is 2.69. The minimum Gasteiger partial charge on any atom is -0.396 e. The predicted molar refractivity (Wildman–Crippen MR) is 46.1 cm³/mol. The van der Waals surface area contributed by atoms with Gasteiger partial charge in [-0.1, -0.05) is 21.5 Å². The smallest absolute Gasteiger partial charge is 0.0468 e. The second-order valence-corrected chi connectivity index (χ2v) is 3.65. The third kappa shape index (κ3) is 2.10. The normalized spacial score (nSPS) is 19.8. The second kappa shape index (κ2) is 4.14. The van der Waals surface area contributed by atoms with Crippen LogP contribution in [-0.2, 0) is 0 Å². The molecule has 0 bridgehead atoms. The van der Waals surface area contributed by atoms with Crippen molar-refractivity contribution in [3.63, 3.8) is 0 Å². The Balaban J connectivity index is 2.50. The maximum atomic E-state index is 8.68. The molecule has 58 valence electrons.